The molecule has 1 N–H and O–H groups in total. The first-order chi connectivity index (χ1) is 11.7. The summed E-state index contributed by atoms with van der Waals surface area (Å²) in [7, 11) is 0. The minimum atomic E-state index is -0.157. The number of rotatable bonds is 2. The van der Waals surface area contributed by atoms with Crippen molar-refractivity contribution in [3.05, 3.63) is 63.5 Å². The molecule has 0 saturated carbocycles. The fraction of sp³-hybridized carbons (Fsp3) is 0. The third-order valence-corrected chi connectivity index (χ3v) is 5.40. The summed E-state index contributed by atoms with van der Waals surface area (Å²) in [6, 6.07) is 13.2. The van der Waals surface area contributed by atoms with Crippen LogP contribution in [0.25, 0.3) is 16.3 Å². The highest BCUT2D eigenvalue weighted by Gasteiger charge is 2.24. The van der Waals surface area contributed by atoms with E-state index in [2.05, 4.69) is 15.3 Å². The third kappa shape index (κ3) is 3.08. The van der Waals surface area contributed by atoms with Crippen molar-refractivity contribution in [3.8, 4) is 0 Å². The maximum Gasteiger partial charge on any atom is 0.264 e. The minimum Gasteiger partial charge on any atom is -0.300 e. The van der Waals surface area contributed by atoms with Crippen molar-refractivity contribution < 1.29 is 4.79 Å². The Bertz CT molecular complexity index is 1010. The number of nitrogens with zero attached hydrogens (tertiary/aromatic N) is 2. The van der Waals surface area contributed by atoms with Gasteiger partial charge in [0, 0.05) is 0 Å². The van der Waals surface area contributed by atoms with E-state index in [0.29, 0.717) is 20.8 Å². The Morgan fingerprint density at radius 3 is 2.96 bits per heavy atom. The lowest BCUT2D eigenvalue weighted by molar-refractivity contribution is -0.115. The molecule has 1 fully saturated rings. The van der Waals surface area contributed by atoms with Crippen molar-refractivity contribution in [2.24, 2.45) is 4.99 Å². The predicted molar refractivity (Wildman–Crippen MR) is 102 cm³/mol. The molecule has 7 heteroatoms. The van der Waals surface area contributed by atoms with Crippen LogP contribution >= 0.6 is 34.7 Å². The zero-order valence-electron chi connectivity index (χ0n) is 12.2. The van der Waals surface area contributed by atoms with Crippen LogP contribution in [0.15, 0.2) is 57.9 Å². The maximum absolute atomic E-state index is 12.2. The normalized spacial score (nSPS) is 17.8. The van der Waals surface area contributed by atoms with E-state index < -0.39 is 0 Å². The topological polar surface area (TPSA) is 54.4 Å². The number of carbonyl (C=O) groups excluding carboxylic acids is 1. The molecule has 1 saturated heterocycles. The summed E-state index contributed by atoms with van der Waals surface area (Å²) in [5, 5.41) is 3.84. The van der Waals surface area contributed by atoms with E-state index in [1.54, 1.807) is 17.4 Å². The van der Waals surface area contributed by atoms with Crippen molar-refractivity contribution in [1.82, 2.24) is 10.3 Å². The number of amidine groups is 1. The lowest BCUT2D eigenvalue weighted by Gasteiger charge is -1.98. The van der Waals surface area contributed by atoms with Gasteiger partial charge in [-0.2, -0.15) is 0 Å². The van der Waals surface area contributed by atoms with Crippen LogP contribution in [0.4, 0.5) is 5.69 Å². The fourth-order valence-corrected chi connectivity index (χ4v) is 3.98. The molecular formula is C17H10ClN3OS2. The highest BCUT2D eigenvalue weighted by atomic mass is 35.5. The molecule has 0 aliphatic carbocycles. The molecule has 2 heterocycles. The van der Waals surface area contributed by atoms with Gasteiger partial charge in [0.25, 0.3) is 5.91 Å². The van der Waals surface area contributed by atoms with E-state index in [1.807, 2.05) is 48.0 Å². The van der Waals surface area contributed by atoms with Gasteiger partial charge in [0.15, 0.2) is 5.17 Å². The van der Waals surface area contributed by atoms with Gasteiger partial charge < -0.3 is 5.32 Å². The Hall–Kier alpha value is -2.15. The first-order valence-corrected chi connectivity index (χ1v) is 9.14. The van der Waals surface area contributed by atoms with Gasteiger partial charge in [0.2, 0.25) is 0 Å². The van der Waals surface area contributed by atoms with Gasteiger partial charge in [0.1, 0.15) is 0 Å². The van der Waals surface area contributed by atoms with Crippen molar-refractivity contribution in [3.63, 3.8) is 0 Å². The maximum atomic E-state index is 12.2. The summed E-state index contributed by atoms with van der Waals surface area (Å²) in [6.45, 7) is 0. The molecule has 4 rings (SSSR count). The summed E-state index contributed by atoms with van der Waals surface area (Å²) in [4.78, 5) is 21.4. The van der Waals surface area contributed by atoms with Crippen molar-refractivity contribution >= 4 is 67.8 Å². The number of nitrogens with one attached hydrogen (secondary N) is 1. The molecule has 0 unspecified atom stereocenters. The second-order valence-electron chi connectivity index (χ2n) is 5.01. The van der Waals surface area contributed by atoms with Crippen LogP contribution in [0.5, 0.6) is 0 Å². The highest BCUT2D eigenvalue weighted by molar-refractivity contribution is 8.18. The van der Waals surface area contributed by atoms with Gasteiger partial charge in [-0.15, -0.1) is 11.3 Å². The standard InChI is InChI=1S/C17H10ClN3OS2/c18-11-3-1-2-4-12(11)20-17-21-16(22)15(24-17)8-10-5-6-13-14(7-10)23-9-19-13/h1-9H,(H,20,21,22)/b15-8+. The predicted octanol–water partition coefficient (Wildman–Crippen LogP) is 4.84. The van der Waals surface area contributed by atoms with Crippen LogP contribution in [0.3, 0.4) is 0 Å². The minimum absolute atomic E-state index is 0.157. The number of benzene rings is 2. The van der Waals surface area contributed by atoms with Crippen LogP contribution in [0, 0.1) is 0 Å². The molecule has 1 aromatic heterocycles. The summed E-state index contributed by atoms with van der Waals surface area (Å²) < 4.78 is 1.10. The third-order valence-electron chi connectivity index (χ3n) is 3.38. The largest absolute Gasteiger partial charge is 0.300 e. The Kier molecular flexibility index (Phi) is 4.10. The molecule has 24 heavy (non-hydrogen) atoms. The SMILES string of the molecule is O=C1NC(=Nc2ccccc2Cl)S/C1=C/c1ccc2ncsc2c1. The average molecular weight is 372 g/mol. The molecular weight excluding hydrogens is 362 g/mol. The number of aromatic nitrogens is 1. The van der Waals surface area contributed by atoms with Gasteiger partial charge in [-0.25, -0.2) is 9.98 Å². The van der Waals surface area contributed by atoms with Gasteiger partial charge in [-0.05, 0) is 47.7 Å². The molecule has 0 spiro atoms. The quantitative estimate of drug-likeness (QED) is 0.655. The number of fused-ring (bicyclic) bond motifs is 1. The summed E-state index contributed by atoms with van der Waals surface area (Å²) in [5.41, 5.74) is 4.37. The van der Waals surface area contributed by atoms with Crippen LogP contribution in [0.2, 0.25) is 5.02 Å². The lowest BCUT2D eigenvalue weighted by Crippen LogP contribution is -2.19. The first kappa shape index (κ1) is 15.4. The number of carbonyl (C=O) groups is 1. The van der Waals surface area contributed by atoms with Crippen LogP contribution in [-0.4, -0.2) is 16.1 Å². The molecule has 3 aromatic rings. The average Bonchev–Trinajstić information content (AvgIpc) is 3.16. The molecule has 0 atom stereocenters. The van der Waals surface area contributed by atoms with E-state index in [4.69, 9.17) is 11.6 Å². The number of amides is 1. The van der Waals surface area contributed by atoms with Gasteiger partial charge in [-0.3, -0.25) is 4.79 Å². The number of thiazole rings is 1. The van der Waals surface area contributed by atoms with Crippen LogP contribution < -0.4 is 5.32 Å². The van der Waals surface area contributed by atoms with Crippen molar-refractivity contribution in [2.75, 3.05) is 0 Å². The molecule has 0 bridgehead atoms. The molecule has 1 amide bonds. The molecule has 1 aliphatic heterocycles. The van der Waals surface area contributed by atoms with Crippen LogP contribution in [-0.2, 0) is 4.79 Å². The van der Waals surface area contributed by atoms with E-state index in [9.17, 15) is 4.79 Å². The summed E-state index contributed by atoms with van der Waals surface area (Å²) in [6.07, 6.45) is 1.86. The van der Waals surface area contributed by atoms with Crippen molar-refractivity contribution in [2.45, 2.75) is 0 Å². The molecule has 1 aliphatic rings. The number of hydrogen-bond acceptors (Lipinski definition) is 5. The van der Waals surface area contributed by atoms with Gasteiger partial charge >= 0.3 is 0 Å². The van der Waals surface area contributed by atoms with Crippen molar-refractivity contribution in [1.29, 1.82) is 0 Å². The van der Waals surface area contributed by atoms with Gasteiger partial charge in [-0.1, -0.05) is 29.8 Å². The van der Waals surface area contributed by atoms with E-state index in [-0.39, 0.29) is 5.91 Å². The number of halogens is 1. The molecule has 2 aromatic carbocycles. The van der Waals surface area contributed by atoms with E-state index >= 15 is 0 Å². The van der Waals surface area contributed by atoms with Crippen LogP contribution in [0.1, 0.15) is 5.56 Å². The Balaban J connectivity index is 1.63. The summed E-state index contributed by atoms with van der Waals surface area (Å²) >= 11 is 8.98. The smallest absolute Gasteiger partial charge is 0.264 e. The lowest BCUT2D eigenvalue weighted by atomic mass is 10.2. The summed E-state index contributed by atoms with van der Waals surface area (Å²) in [5.74, 6) is -0.157. The Morgan fingerprint density at radius 1 is 1.21 bits per heavy atom. The number of hydrogen-bond donors (Lipinski definition) is 1. The molecule has 118 valence electrons. The second-order valence-corrected chi connectivity index (χ2v) is 7.34. The number of aliphatic imine (C=N–C) groups is 1. The van der Waals surface area contributed by atoms with Gasteiger partial charge in [0.05, 0.1) is 31.3 Å². The Labute approximate surface area is 151 Å². The highest BCUT2D eigenvalue weighted by Crippen LogP contribution is 2.31. The monoisotopic (exact) mass is 371 g/mol. The molecule has 0 radical (unpaired) electrons. The number of para-hydroxylation sites is 1. The molecule has 4 nitrogen and oxygen atoms in total. The zero-order valence-corrected chi connectivity index (χ0v) is 14.6. The van der Waals surface area contributed by atoms with E-state index in [0.717, 1.165) is 15.8 Å². The zero-order chi connectivity index (χ0) is 16.5. The number of thioether (sulfide) groups is 1. The second kappa shape index (κ2) is 6.39. The first-order valence-electron chi connectivity index (χ1n) is 7.06. The Morgan fingerprint density at radius 2 is 2.08 bits per heavy atom. The fourth-order valence-electron chi connectivity index (χ4n) is 2.25. The van der Waals surface area contributed by atoms with E-state index in [1.165, 1.54) is 11.8 Å².